The van der Waals surface area contributed by atoms with Crippen molar-refractivity contribution in [3.63, 3.8) is 0 Å². The molecule has 0 aliphatic heterocycles. The number of hydrogen-bond acceptors (Lipinski definition) is 5. The van der Waals surface area contributed by atoms with Gasteiger partial charge in [-0.2, -0.15) is 4.98 Å². The molecule has 0 radical (unpaired) electrons. The lowest BCUT2D eigenvalue weighted by molar-refractivity contribution is 0.194. The van der Waals surface area contributed by atoms with Crippen molar-refractivity contribution in [2.24, 2.45) is 5.92 Å². The van der Waals surface area contributed by atoms with Crippen molar-refractivity contribution >= 4 is 0 Å². The molecule has 1 aliphatic rings. The van der Waals surface area contributed by atoms with Crippen molar-refractivity contribution in [3.8, 4) is 0 Å². The molecule has 1 heterocycles. The van der Waals surface area contributed by atoms with Crippen LogP contribution in [-0.4, -0.2) is 36.9 Å². The van der Waals surface area contributed by atoms with E-state index in [2.05, 4.69) is 15.5 Å². The highest BCUT2D eigenvalue weighted by Crippen LogP contribution is 2.28. The predicted molar refractivity (Wildman–Crippen MR) is 73.0 cm³/mol. The molecule has 1 aromatic rings. The van der Waals surface area contributed by atoms with Crippen molar-refractivity contribution in [2.45, 2.75) is 51.0 Å². The van der Waals surface area contributed by atoms with Crippen molar-refractivity contribution in [1.82, 2.24) is 15.5 Å². The maximum absolute atomic E-state index is 5.35. The molecule has 0 bridgehead atoms. The van der Waals surface area contributed by atoms with E-state index in [1.165, 1.54) is 25.7 Å². The van der Waals surface area contributed by atoms with Gasteiger partial charge in [-0.1, -0.05) is 18.0 Å². The van der Waals surface area contributed by atoms with E-state index >= 15 is 0 Å². The van der Waals surface area contributed by atoms with Crippen molar-refractivity contribution in [2.75, 3.05) is 20.8 Å². The summed E-state index contributed by atoms with van der Waals surface area (Å²) in [4.78, 5) is 4.47. The Labute approximate surface area is 115 Å². The zero-order chi connectivity index (χ0) is 13.5. The summed E-state index contributed by atoms with van der Waals surface area (Å²) in [6, 6.07) is 0.467. The SMILES string of the molecule is CNC(Cc1nc(CCCOC)no1)C1CCCC1. The molecule has 108 valence electrons. The number of aromatic nitrogens is 2. The number of hydrogen-bond donors (Lipinski definition) is 1. The molecule has 1 atom stereocenters. The average Bonchev–Trinajstić information content (AvgIpc) is 3.07. The second kappa shape index (κ2) is 7.60. The first kappa shape index (κ1) is 14.5. The number of nitrogens with zero attached hydrogens (tertiary/aromatic N) is 2. The van der Waals surface area contributed by atoms with Crippen LogP contribution in [0, 0.1) is 5.92 Å². The minimum absolute atomic E-state index is 0.467. The van der Waals surface area contributed by atoms with Crippen LogP contribution in [0.25, 0.3) is 0 Å². The van der Waals surface area contributed by atoms with E-state index in [1.54, 1.807) is 7.11 Å². The quantitative estimate of drug-likeness (QED) is 0.730. The van der Waals surface area contributed by atoms with Gasteiger partial charge in [-0.05, 0) is 32.2 Å². The molecule has 1 fully saturated rings. The van der Waals surface area contributed by atoms with Crippen LogP contribution in [-0.2, 0) is 17.6 Å². The Morgan fingerprint density at radius 2 is 2.21 bits per heavy atom. The van der Waals surface area contributed by atoms with Gasteiger partial charge in [0, 0.05) is 32.6 Å². The summed E-state index contributed by atoms with van der Waals surface area (Å²) in [7, 11) is 3.74. The Morgan fingerprint density at radius 3 is 2.89 bits per heavy atom. The first-order chi connectivity index (χ1) is 9.33. The van der Waals surface area contributed by atoms with E-state index in [4.69, 9.17) is 9.26 Å². The molecule has 1 aromatic heterocycles. The second-order valence-electron chi connectivity index (χ2n) is 5.34. The molecule has 1 saturated carbocycles. The third-order valence-electron chi connectivity index (χ3n) is 3.99. The van der Waals surface area contributed by atoms with Gasteiger partial charge in [0.05, 0.1) is 0 Å². The van der Waals surface area contributed by atoms with E-state index in [0.29, 0.717) is 6.04 Å². The fourth-order valence-corrected chi connectivity index (χ4v) is 2.90. The van der Waals surface area contributed by atoms with Gasteiger partial charge in [-0.15, -0.1) is 0 Å². The van der Waals surface area contributed by atoms with Crippen LogP contribution in [0.1, 0.15) is 43.8 Å². The monoisotopic (exact) mass is 267 g/mol. The minimum atomic E-state index is 0.467. The lowest BCUT2D eigenvalue weighted by Crippen LogP contribution is -2.34. The standard InChI is InChI=1S/C14H25N3O2/c1-15-12(11-6-3-4-7-11)10-14-16-13(17-19-14)8-5-9-18-2/h11-12,15H,3-10H2,1-2H3. The number of likely N-dealkylation sites (N-methyl/N-ethyl adjacent to an activating group) is 1. The summed E-state index contributed by atoms with van der Waals surface area (Å²) in [5.41, 5.74) is 0. The lowest BCUT2D eigenvalue weighted by atomic mass is 9.95. The van der Waals surface area contributed by atoms with Crippen molar-refractivity contribution in [3.05, 3.63) is 11.7 Å². The first-order valence-corrected chi connectivity index (χ1v) is 7.31. The summed E-state index contributed by atoms with van der Waals surface area (Å²) < 4.78 is 10.4. The van der Waals surface area contributed by atoms with E-state index in [1.807, 2.05) is 7.05 Å². The van der Waals surface area contributed by atoms with Crippen LogP contribution in [0.3, 0.4) is 0 Å². The molecule has 0 aromatic carbocycles. The number of ether oxygens (including phenoxy) is 1. The van der Waals surface area contributed by atoms with E-state index in [9.17, 15) is 0 Å². The summed E-state index contributed by atoms with van der Waals surface area (Å²) in [5.74, 6) is 2.32. The van der Waals surface area contributed by atoms with Gasteiger partial charge in [-0.3, -0.25) is 0 Å². The predicted octanol–water partition coefficient (Wildman–Crippen LogP) is 1.97. The normalized spacial score (nSPS) is 18.0. The summed E-state index contributed by atoms with van der Waals surface area (Å²) in [6.07, 6.45) is 7.96. The van der Waals surface area contributed by atoms with Gasteiger partial charge in [-0.25, -0.2) is 0 Å². The fraction of sp³-hybridized carbons (Fsp3) is 0.857. The summed E-state index contributed by atoms with van der Waals surface area (Å²) >= 11 is 0. The van der Waals surface area contributed by atoms with Crippen LogP contribution in [0.2, 0.25) is 0 Å². The maximum atomic E-state index is 5.35. The smallest absolute Gasteiger partial charge is 0.228 e. The van der Waals surface area contributed by atoms with Gasteiger partial charge in [0.2, 0.25) is 5.89 Å². The van der Waals surface area contributed by atoms with Gasteiger partial charge in [0.1, 0.15) is 0 Å². The fourth-order valence-electron chi connectivity index (χ4n) is 2.90. The average molecular weight is 267 g/mol. The highest BCUT2D eigenvalue weighted by Gasteiger charge is 2.25. The molecule has 1 aliphatic carbocycles. The molecule has 19 heavy (non-hydrogen) atoms. The number of methoxy groups -OCH3 is 1. The molecule has 5 nitrogen and oxygen atoms in total. The van der Waals surface area contributed by atoms with Crippen LogP contribution >= 0.6 is 0 Å². The number of rotatable bonds is 8. The number of aryl methyl sites for hydroxylation is 1. The van der Waals surface area contributed by atoms with Crippen LogP contribution < -0.4 is 5.32 Å². The molecule has 0 amide bonds. The first-order valence-electron chi connectivity index (χ1n) is 7.31. The minimum Gasteiger partial charge on any atom is -0.385 e. The van der Waals surface area contributed by atoms with Gasteiger partial charge in [0.25, 0.3) is 0 Å². The van der Waals surface area contributed by atoms with Gasteiger partial charge >= 0.3 is 0 Å². The van der Waals surface area contributed by atoms with Gasteiger partial charge in [0.15, 0.2) is 5.82 Å². The third-order valence-corrected chi connectivity index (χ3v) is 3.99. The molecule has 1 unspecified atom stereocenters. The largest absolute Gasteiger partial charge is 0.385 e. The van der Waals surface area contributed by atoms with Crippen LogP contribution in [0.15, 0.2) is 4.52 Å². The molecule has 0 spiro atoms. The Hall–Kier alpha value is -0.940. The Kier molecular flexibility index (Phi) is 5.79. The zero-order valence-electron chi connectivity index (χ0n) is 12.0. The van der Waals surface area contributed by atoms with E-state index in [0.717, 1.165) is 43.5 Å². The van der Waals surface area contributed by atoms with Crippen molar-refractivity contribution in [1.29, 1.82) is 0 Å². The Bertz CT molecular complexity index is 361. The van der Waals surface area contributed by atoms with Gasteiger partial charge < -0.3 is 14.6 Å². The zero-order valence-corrected chi connectivity index (χ0v) is 12.0. The lowest BCUT2D eigenvalue weighted by Gasteiger charge is -2.20. The molecule has 2 rings (SSSR count). The summed E-state index contributed by atoms with van der Waals surface area (Å²) in [6.45, 7) is 0.741. The van der Waals surface area contributed by atoms with Crippen LogP contribution in [0.5, 0.6) is 0 Å². The van der Waals surface area contributed by atoms with E-state index in [-0.39, 0.29) is 0 Å². The van der Waals surface area contributed by atoms with Crippen molar-refractivity contribution < 1.29 is 9.26 Å². The van der Waals surface area contributed by atoms with E-state index < -0.39 is 0 Å². The highest BCUT2D eigenvalue weighted by atomic mass is 16.5. The molecule has 0 saturated heterocycles. The molecule has 1 N–H and O–H groups in total. The Morgan fingerprint density at radius 1 is 1.42 bits per heavy atom. The summed E-state index contributed by atoms with van der Waals surface area (Å²) in [5, 5.41) is 7.44. The second-order valence-corrected chi connectivity index (χ2v) is 5.34. The highest BCUT2D eigenvalue weighted by molar-refractivity contribution is 4.92. The number of nitrogens with one attached hydrogen (secondary N) is 1. The molecular formula is C14H25N3O2. The molecule has 5 heteroatoms. The topological polar surface area (TPSA) is 60.2 Å². The molecular weight excluding hydrogens is 242 g/mol. The Balaban J connectivity index is 1.83. The third kappa shape index (κ3) is 4.28. The van der Waals surface area contributed by atoms with Crippen LogP contribution in [0.4, 0.5) is 0 Å². The maximum Gasteiger partial charge on any atom is 0.228 e.